The summed E-state index contributed by atoms with van der Waals surface area (Å²) in [6.45, 7) is -0.110. The molecular weight excluding hydrogens is 166 g/mol. The van der Waals surface area contributed by atoms with Crippen molar-refractivity contribution in [2.45, 2.75) is 12.1 Å². The molecule has 3 unspecified atom stereocenters. The Morgan fingerprint density at radius 3 is 2.67 bits per heavy atom. The highest BCUT2D eigenvalue weighted by Crippen LogP contribution is 2.16. The van der Waals surface area contributed by atoms with Crippen LogP contribution < -0.4 is 0 Å². The highest BCUT2D eigenvalue weighted by atomic mass is 16.6. The van der Waals surface area contributed by atoms with Crippen molar-refractivity contribution in [3.8, 4) is 0 Å². The predicted molar refractivity (Wildman–Crippen MR) is 37.2 cm³/mol. The summed E-state index contributed by atoms with van der Waals surface area (Å²) in [5.41, 5.74) is 0. The summed E-state index contributed by atoms with van der Waals surface area (Å²) >= 11 is 0. The molecule has 0 aliphatic carbocycles. The zero-order valence-electron chi connectivity index (χ0n) is 6.25. The predicted octanol–water partition coefficient (Wildman–Crippen LogP) is -1.16. The fourth-order valence-electron chi connectivity index (χ4n) is 1.17. The van der Waals surface area contributed by atoms with Gasteiger partial charge in [0.25, 0.3) is 0 Å². The maximum absolute atomic E-state index is 10.4. The second-order valence-corrected chi connectivity index (χ2v) is 2.67. The Morgan fingerprint density at radius 1 is 1.58 bits per heavy atom. The summed E-state index contributed by atoms with van der Waals surface area (Å²) in [6, 6.07) is -1.11. The van der Waals surface area contributed by atoms with Crippen molar-refractivity contribution >= 4 is 6.29 Å². The van der Waals surface area contributed by atoms with Crippen molar-refractivity contribution in [1.29, 1.82) is 0 Å². The van der Waals surface area contributed by atoms with Gasteiger partial charge in [0.1, 0.15) is 18.8 Å². The average Bonchev–Trinajstić information content (AvgIpc) is 2.03. The van der Waals surface area contributed by atoms with E-state index in [1.165, 1.54) is 0 Å². The normalized spacial score (nSPS) is 35.9. The van der Waals surface area contributed by atoms with Crippen molar-refractivity contribution in [1.82, 2.24) is 0 Å². The standard InChI is InChI=1S/C6H9NO5/c8-1-4-5(7(10)11)2-12-3-6(4)9/h1,4-6,9H,2-3H2. The summed E-state index contributed by atoms with van der Waals surface area (Å²) in [5.74, 6) is -0.936. The van der Waals surface area contributed by atoms with Crippen LogP contribution in [0, 0.1) is 16.0 Å². The lowest BCUT2D eigenvalue weighted by molar-refractivity contribution is -0.540. The van der Waals surface area contributed by atoms with Crippen LogP contribution in [0.15, 0.2) is 0 Å². The summed E-state index contributed by atoms with van der Waals surface area (Å²) in [7, 11) is 0. The quantitative estimate of drug-likeness (QED) is 0.324. The number of hydrogen-bond acceptors (Lipinski definition) is 5. The van der Waals surface area contributed by atoms with Gasteiger partial charge < -0.3 is 14.6 Å². The van der Waals surface area contributed by atoms with Gasteiger partial charge in [0.15, 0.2) is 0 Å². The van der Waals surface area contributed by atoms with Crippen LogP contribution in [0.1, 0.15) is 0 Å². The lowest BCUT2D eigenvalue weighted by atomic mass is 9.94. The molecule has 1 aliphatic heterocycles. The summed E-state index contributed by atoms with van der Waals surface area (Å²) in [4.78, 5) is 20.1. The SMILES string of the molecule is O=CC1C(O)COCC1[N+](=O)[O-]. The number of aliphatic hydroxyl groups excluding tert-OH is 1. The van der Waals surface area contributed by atoms with E-state index < -0.39 is 23.0 Å². The third-order valence-electron chi connectivity index (χ3n) is 1.89. The molecule has 0 saturated carbocycles. The average molecular weight is 175 g/mol. The first kappa shape index (κ1) is 9.08. The smallest absolute Gasteiger partial charge is 0.248 e. The molecule has 6 heteroatoms. The van der Waals surface area contributed by atoms with Gasteiger partial charge in [-0.1, -0.05) is 0 Å². The van der Waals surface area contributed by atoms with Gasteiger partial charge in [-0.2, -0.15) is 0 Å². The molecular formula is C6H9NO5. The highest BCUT2D eigenvalue weighted by Gasteiger charge is 2.40. The Kier molecular flexibility index (Phi) is 2.72. The number of rotatable bonds is 2. The molecule has 3 atom stereocenters. The molecule has 0 spiro atoms. The fourth-order valence-corrected chi connectivity index (χ4v) is 1.17. The van der Waals surface area contributed by atoms with E-state index in [2.05, 4.69) is 0 Å². The number of nitro groups is 1. The monoisotopic (exact) mass is 175 g/mol. The van der Waals surface area contributed by atoms with Crippen LogP contribution in [-0.2, 0) is 9.53 Å². The van der Waals surface area contributed by atoms with Gasteiger partial charge in [0, 0.05) is 4.92 Å². The fraction of sp³-hybridized carbons (Fsp3) is 0.833. The van der Waals surface area contributed by atoms with Crippen LogP contribution in [-0.4, -0.2) is 41.7 Å². The highest BCUT2D eigenvalue weighted by molar-refractivity contribution is 5.55. The van der Waals surface area contributed by atoms with Crippen molar-refractivity contribution in [3.05, 3.63) is 10.1 Å². The first-order valence-electron chi connectivity index (χ1n) is 3.51. The summed E-state index contributed by atoms with van der Waals surface area (Å²) in [6.07, 6.45) is -0.632. The molecule has 0 aromatic rings. The lowest BCUT2D eigenvalue weighted by Crippen LogP contribution is -2.47. The summed E-state index contributed by atoms with van der Waals surface area (Å²) < 4.78 is 4.74. The van der Waals surface area contributed by atoms with E-state index in [-0.39, 0.29) is 13.2 Å². The Bertz CT molecular complexity index is 194. The lowest BCUT2D eigenvalue weighted by Gasteiger charge is -2.25. The molecule has 68 valence electrons. The molecule has 1 N–H and O–H groups in total. The number of carbonyl (C=O) groups is 1. The molecule has 1 heterocycles. The van der Waals surface area contributed by atoms with Gasteiger partial charge in [0.2, 0.25) is 6.04 Å². The van der Waals surface area contributed by atoms with E-state index in [0.29, 0.717) is 6.29 Å². The number of carbonyl (C=O) groups excluding carboxylic acids is 1. The van der Waals surface area contributed by atoms with Gasteiger partial charge >= 0.3 is 0 Å². The van der Waals surface area contributed by atoms with Crippen LogP contribution in [0.5, 0.6) is 0 Å². The van der Waals surface area contributed by atoms with Gasteiger partial charge in [-0.25, -0.2) is 0 Å². The molecule has 12 heavy (non-hydrogen) atoms. The van der Waals surface area contributed by atoms with Crippen molar-refractivity contribution in [2.75, 3.05) is 13.2 Å². The number of ether oxygens (including phenoxy) is 1. The molecule has 1 rings (SSSR count). The number of hydrogen-bond donors (Lipinski definition) is 1. The zero-order chi connectivity index (χ0) is 9.14. The maximum Gasteiger partial charge on any atom is 0.248 e. The van der Waals surface area contributed by atoms with Gasteiger partial charge in [-0.15, -0.1) is 0 Å². The van der Waals surface area contributed by atoms with E-state index in [1.807, 2.05) is 0 Å². The first-order valence-corrected chi connectivity index (χ1v) is 3.51. The van der Waals surface area contributed by atoms with Crippen LogP contribution in [0.25, 0.3) is 0 Å². The van der Waals surface area contributed by atoms with Crippen molar-refractivity contribution in [2.24, 2.45) is 5.92 Å². The minimum Gasteiger partial charge on any atom is -0.390 e. The Morgan fingerprint density at radius 2 is 2.25 bits per heavy atom. The molecule has 1 fully saturated rings. The number of aldehydes is 1. The van der Waals surface area contributed by atoms with Gasteiger partial charge in [-0.3, -0.25) is 10.1 Å². The third-order valence-corrected chi connectivity index (χ3v) is 1.89. The molecule has 6 nitrogen and oxygen atoms in total. The first-order chi connectivity index (χ1) is 5.66. The van der Waals surface area contributed by atoms with Crippen LogP contribution in [0.4, 0.5) is 0 Å². The van der Waals surface area contributed by atoms with E-state index in [4.69, 9.17) is 9.84 Å². The van der Waals surface area contributed by atoms with Crippen LogP contribution in [0.2, 0.25) is 0 Å². The Balaban J connectivity index is 2.70. The van der Waals surface area contributed by atoms with Gasteiger partial charge in [-0.05, 0) is 0 Å². The third kappa shape index (κ3) is 1.59. The zero-order valence-corrected chi connectivity index (χ0v) is 6.25. The molecule has 0 radical (unpaired) electrons. The van der Waals surface area contributed by atoms with Crippen molar-refractivity contribution in [3.63, 3.8) is 0 Å². The second kappa shape index (κ2) is 3.59. The minimum absolute atomic E-state index is 0.00620. The van der Waals surface area contributed by atoms with E-state index in [1.54, 1.807) is 0 Å². The van der Waals surface area contributed by atoms with E-state index >= 15 is 0 Å². The number of nitrogens with zero attached hydrogens (tertiary/aromatic N) is 1. The molecule has 0 amide bonds. The largest absolute Gasteiger partial charge is 0.390 e. The molecule has 0 aromatic carbocycles. The minimum atomic E-state index is -1.11. The van der Waals surface area contributed by atoms with Gasteiger partial charge in [0.05, 0.1) is 12.7 Å². The molecule has 0 bridgehead atoms. The molecule has 1 saturated heterocycles. The van der Waals surface area contributed by atoms with Crippen molar-refractivity contribution < 1.29 is 19.6 Å². The number of aliphatic hydroxyl groups is 1. The van der Waals surface area contributed by atoms with E-state index in [0.717, 1.165) is 0 Å². The Labute approximate surface area is 68.3 Å². The maximum atomic E-state index is 10.4. The van der Waals surface area contributed by atoms with Crippen LogP contribution in [0.3, 0.4) is 0 Å². The Hall–Kier alpha value is -1.01. The second-order valence-electron chi connectivity index (χ2n) is 2.67. The summed E-state index contributed by atoms with van der Waals surface area (Å²) in [5, 5.41) is 19.5. The van der Waals surface area contributed by atoms with E-state index in [9.17, 15) is 14.9 Å². The topological polar surface area (TPSA) is 89.7 Å². The molecule has 1 aliphatic rings. The van der Waals surface area contributed by atoms with Crippen LogP contribution >= 0.6 is 0 Å². The molecule has 0 aromatic heterocycles.